The van der Waals surface area contributed by atoms with Gasteiger partial charge >= 0.3 is 0 Å². The number of nitrogens with one attached hydrogen (secondary N) is 1. The molecule has 0 aliphatic rings. The van der Waals surface area contributed by atoms with Gasteiger partial charge in [-0.2, -0.15) is 0 Å². The highest BCUT2D eigenvalue weighted by atomic mass is 16.3. The Kier molecular flexibility index (Phi) is 10.5. The van der Waals surface area contributed by atoms with Crippen molar-refractivity contribution in [1.29, 1.82) is 0 Å². The van der Waals surface area contributed by atoms with Crippen LogP contribution in [0.2, 0.25) is 0 Å². The smallest absolute Gasteiger partial charge is 0.122 e. The first-order chi connectivity index (χ1) is 14.4. The molecular weight excluding hydrogens is 380 g/mol. The third-order valence-corrected chi connectivity index (χ3v) is 7.69. The summed E-state index contributed by atoms with van der Waals surface area (Å²) in [5, 5.41) is 14.7. The largest absolute Gasteiger partial charge is 0.507 e. The molecule has 0 amide bonds. The summed E-state index contributed by atoms with van der Waals surface area (Å²) < 4.78 is 0. The molecule has 3 nitrogen and oxygen atoms in total. The zero-order valence-electron chi connectivity index (χ0n) is 21.9. The summed E-state index contributed by atoms with van der Waals surface area (Å²) in [6.45, 7) is 20.9. The van der Waals surface area contributed by atoms with Gasteiger partial charge in [-0.15, -0.1) is 0 Å². The fraction of sp³-hybridized carbons (Fsp3) is 0.714. The molecule has 0 aliphatic carbocycles. The van der Waals surface area contributed by atoms with Crippen molar-refractivity contribution >= 4 is 0 Å². The van der Waals surface area contributed by atoms with E-state index in [1.165, 1.54) is 11.1 Å². The average Bonchev–Trinajstić information content (AvgIpc) is 2.74. The van der Waals surface area contributed by atoms with Crippen LogP contribution in [0.25, 0.3) is 0 Å². The standard InChI is InChI=1S/C28H50N2O/c1-10-27(8,11-2)19-23-17-22(14-15-30-26(29)21(7)16-20(5)6)18-24(25(23)31)28(9,12-3)13-4/h17-18,20,30-31H,10-16,19,29H2,1-9H3/b26-21-. The molecule has 31 heavy (non-hydrogen) atoms. The number of phenolic OH excluding ortho intramolecular Hbond substituents is 1. The van der Waals surface area contributed by atoms with Crippen LogP contribution in [-0.4, -0.2) is 11.7 Å². The van der Waals surface area contributed by atoms with Gasteiger partial charge in [0.2, 0.25) is 0 Å². The number of aromatic hydroxyl groups is 1. The van der Waals surface area contributed by atoms with Crippen molar-refractivity contribution in [3.05, 3.63) is 40.2 Å². The second-order valence-corrected chi connectivity index (χ2v) is 10.6. The van der Waals surface area contributed by atoms with Crippen LogP contribution in [-0.2, 0) is 18.3 Å². The van der Waals surface area contributed by atoms with Crippen LogP contribution in [0.3, 0.4) is 0 Å². The van der Waals surface area contributed by atoms with Gasteiger partial charge in [0.05, 0.1) is 5.82 Å². The molecule has 0 aliphatic heterocycles. The van der Waals surface area contributed by atoms with E-state index in [9.17, 15) is 5.11 Å². The minimum Gasteiger partial charge on any atom is -0.507 e. The molecule has 0 saturated heterocycles. The summed E-state index contributed by atoms with van der Waals surface area (Å²) in [5.41, 5.74) is 11.2. The Bertz CT molecular complexity index is 725. The van der Waals surface area contributed by atoms with Crippen molar-refractivity contribution in [1.82, 2.24) is 5.32 Å². The Morgan fingerprint density at radius 2 is 1.61 bits per heavy atom. The van der Waals surface area contributed by atoms with Crippen LogP contribution < -0.4 is 11.1 Å². The molecule has 0 atom stereocenters. The fourth-order valence-electron chi connectivity index (χ4n) is 4.31. The highest BCUT2D eigenvalue weighted by molar-refractivity contribution is 5.48. The maximum absolute atomic E-state index is 11.3. The first-order valence-corrected chi connectivity index (χ1v) is 12.5. The van der Waals surface area contributed by atoms with Crippen LogP contribution in [0, 0.1) is 11.3 Å². The van der Waals surface area contributed by atoms with Crippen LogP contribution in [0.1, 0.15) is 111 Å². The van der Waals surface area contributed by atoms with E-state index in [0.717, 1.165) is 68.4 Å². The van der Waals surface area contributed by atoms with Crippen LogP contribution in [0.5, 0.6) is 5.75 Å². The predicted octanol–water partition coefficient (Wildman–Crippen LogP) is 7.21. The number of phenols is 1. The van der Waals surface area contributed by atoms with E-state index in [2.05, 4.69) is 79.8 Å². The zero-order valence-corrected chi connectivity index (χ0v) is 21.9. The molecular formula is C28H50N2O. The Morgan fingerprint density at radius 3 is 2.10 bits per heavy atom. The molecule has 0 aromatic heterocycles. The maximum atomic E-state index is 11.3. The molecule has 1 rings (SSSR count). The first kappa shape index (κ1) is 27.4. The molecule has 0 unspecified atom stereocenters. The van der Waals surface area contributed by atoms with Crippen LogP contribution >= 0.6 is 0 Å². The Balaban J connectivity index is 3.24. The molecule has 0 fully saturated rings. The van der Waals surface area contributed by atoms with E-state index in [-0.39, 0.29) is 10.8 Å². The lowest BCUT2D eigenvalue weighted by Crippen LogP contribution is -2.25. The average molecular weight is 431 g/mol. The quantitative estimate of drug-likeness (QED) is 0.310. The Morgan fingerprint density at radius 1 is 1.03 bits per heavy atom. The second kappa shape index (κ2) is 11.8. The minimum absolute atomic E-state index is 0.0100. The molecule has 0 radical (unpaired) electrons. The molecule has 3 heteroatoms. The van der Waals surface area contributed by atoms with E-state index in [1.807, 2.05) is 0 Å². The van der Waals surface area contributed by atoms with Gasteiger partial charge in [0.15, 0.2) is 0 Å². The van der Waals surface area contributed by atoms with Gasteiger partial charge in [-0.3, -0.25) is 0 Å². The fourth-order valence-corrected chi connectivity index (χ4v) is 4.31. The summed E-state index contributed by atoms with van der Waals surface area (Å²) in [6.07, 6.45) is 7.08. The van der Waals surface area contributed by atoms with Gasteiger partial charge in [0, 0.05) is 12.1 Å². The summed E-state index contributed by atoms with van der Waals surface area (Å²) in [5.74, 6) is 1.93. The molecule has 1 aromatic rings. The number of hydrogen-bond donors (Lipinski definition) is 3. The van der Waals surface area contributed by atoms with Crippen molar-refractivity contribution in [2.75, 3.05) is 6.54 Å². The highest BCUT2D eigenvalue weighted by Gasteiger charge is 2.29. The van der Waals surface area contributed by atoms with E-state index in [4.69, 9.17) is 5.73 Å². The summed E-state index contributed by atoms with van der Waals surface area (Å²) in [7, 11) is 0. The topological polar surface area (TPSA) is 58.3 Å². The first-order valence-electron chi connectivity index (χ1n) is 12.5. The van der Waals surface area contributed by atoms with E-state index in [1.54, 1.807) is 0 Å². The maximum Gasteiger partial charge on any atom is 0.122 e. The minimum atomic E-state index is -0.0100. The molecule has 178 valence electrons. The van der Waals surface area contributed by atoms with Gasteiger partial charge < -0.3 is 16.2 Å². The van der Waals surface area contributed by atoms with Gasteiger partial charge in [-0.25, -0.2) is 0 Å². The molecule has 0 spiro atoms. The molecule has 1 aromatic carbocycles. The normalized spacial score (nSPS) is 13.5. The molecule has 0 heterocycles. The third-order valence-electron chi connectivity index (χ3n) is 7.69. The van der Waals surface area contributed by atoms with E-state index in [0.29, 0.717) is 11.7 Å². The molecule has 0 bridgehead atoms. The van der Waals surface area contributed by atoms with E-state index < -0.39 is 0 Å². The Labute approximate surface area is 192 Å². The summed E-state index contributed by atoms with van der Waals surface area (Å²) in [6, 6.07) is 4.47. The van der Waals surface area contributed by atoms with Crippen molar-refractivity contribution in [2.24, 2.45) is 17.1 Å². The third kappa shape index (κ3) is 7.47. The number of benzene rings is 1. The van der Waals surface area contributed by atoms with Gasteiger partial charge in [0.25, 0.3) is 0 Å². The SMILES string of the molecule is CCC(C)(CC)Cc1cc(CCN/C(N)=C(/C)CC(C)C)cc(C(C)(CC)CC)c1O. The summed E-state index contributed by atoms with van der Waals surface area (Å²) in [4.78, 5) is 0. The van der Waals surface area contributed by atoms with Crippen molar-refractivity contribution in [3.8, 4) is 5.75 Å². The highest BCUT2D eigenvalue weighted by Crippen LogP contribution is 2.42. The van der Waals surface area contributed by atoms with Gasteiger partial charge in [0.1, 0.15) is 5.75 Å². The van der Waals surface area contributed by atoms with Gasteiger partial charge in [-0.1, -0.05) is 80.4 Å². The number of allylic oxidation sites excluding steroid dienone is 1. The van der Waals surface area contributed by atoms with Gasteiger partial charge in [-0.05, 0) is 72.5 Å². The lowest BCUT2D eigenvalue weighted by Gasteiger charge is -2.32. The van der Waals surface area contributed by atoms with Crippen molar-refractivity contribution in [2.45, 2.75) is 113 Å². The van der Waals surface area contributed by atoms with Crippen molar-refractivity contribution in [3.63, 3.8) is 0 Å². The van der Waals surface area contributed by atoms with Crippen molar-refractivity contribution < 1.29 is 5.11 Å². The summed E-state index contributed by atoms with van der Waals surface area (Å²) >= 11 is 0. The molecule has 0 saturated carbocycles. The number of hydrogen-bond acceptors (Lipinski definition) is 3. The lowest BCUT2D eigenvalue weighted by molar-refractivity contribution is 0.290. The second-order valence-electron chi connectivity index (χ2n) is 10.6. The number of rotatable bonds is 13. The lowest BCUT2D eigenvalue weighted by atomic mass is 9.73. The van der Waals surface area contributed by atoms with Crippen LogP contribution in [0.4, 0.5) is 0 Å². The zero-order chi connectivity index (χ0) is 23.8. The predicted molar refractivity (Wildman–Crippen MR) is 136 cm³/mol. The van der Waals surface area contributed by atoms with Crippen LogP contribution in [0.15, 0.2) is 23.5 Å². The van der Waals surface area contributed by atoms with E-state index >= 15 is 0 Å². The monoisotopic (exact) mass is 430 g/mol. The molecule has 4 N–H and O–H groups in total. The number of nitrogens with two attached hydrogens (primary N) is 1. The Hall–Kier alpha value is -1.64.